The van der Waals surface area contributed by atoms with E-state index in [1.54, 1.807) is 0 Å². The fourth-order valence-corrected chi connectivity index (χ4v) is 4.04. The van der Waals surface area contributed by atoms with Gasteiger partial charge >= 0.3 is 0 Å². The van der Waals surface area contributed by atoms with Crippen LogP contribution in [0.4, 0.5) is 11.4 Å². The van der Waals surface area contributed by atoms with E-state index in [0.29, 0.717) is 18.8 Å². The van der Waals surface area contributed by atoms with Crippen LogP contribution in [0.5, 0.6) is 0 Å². The number of piperidine rings is 1. The van der Waals surface area contributed by atoms with Crippen LogP contribution in [0, 0.1) is 0 Å². The molecule has 2 aliphatic rings. The Morgan fingerprint density at radius 3 is 2.26 bits per heavy atom. The van der Waals surface area contributed by atoms with Gasteiger partial charge in [0.15, 0.2) is 0 Å². The number of rotatable bonds is 3. The van der Waals surface area contributed by atoms with Crippen LogP contribution in [0.3, 0.4) is 0 Å². The molecule has 1 amide bonds. The van der Waals surface area contributed by atoms with Crippen molar-refractivity contribution in [1.29, 1.82) is 0 Å². The van der Waals surface area contributed by atoms with Crippen LogP contribution in [0.15, 0.2) is 42.6 Å². The van der Waals surface area contributed by atoms with Crippen molar-refractivity contribution in [3.8, 4) is 0 Å². The van der Waals surface area contributed by atoms with Gasteiger partial charge in [-0.05, 0) is 49.6 Å². The average molecular weight is 385 g/mol. The van der Waals surface area contributed by atoms with E-state index in [0.717, 1.165) is 42.6 Å². The van der Waals surface area contributed by atoms with E-state index in [9.17, 15) is 4.79 Å². The second kappa shape index (κ2) is 8.17. The Balaban J connectivity index is 1.36. The smallest absolute Gasteiger partial charge is 0.272 e. The molecule has 27 heavy (non-hydrogen) atoms. The highest BCUT2D eigenvalue weighted by atomic mass is 35.5. The molecule has 0 atom stereocenters. The maximum absolute atomic E-state index is 12.8. The summed E-state index contributed by atoms with van der Waals surface area (Å²) in [7, 11) is 0. The van der Waals surface area contributed by atoms with Crippen molar-refractivity contribution in [2.75, 3.05) is 49.1 Å². The van der Waals surface area contributed by atoms with Crippen molar-refractivity contribution in [2.45, 2.75) is 19.3 Å². The third kappa shape index (κ3) is 4.19. The summed E-state index contributed by atoms with van der Waals surface area (Å²) in [6.45, 7) is 5.17. The van der Waals surface area contributed by atoms with Gasteiger partial charge in [-0.25, -0.2) is 4.98 Å². The van der Waals surface area contributed by atoms with Crippen molar-refractivity contribution in [3.05, 3.63) is 53.3 Å². The Kier molecular flexibility index (Phi) is 5.48. The predicted octanol–water partition coefficient (Wildman–Crippen LogP) is 3.69. The maximum atomic E-state index is 12.8. The second-order valence-electron chi connectivity index (χ2n) is 7.21. The number of hydrogen-bond donors (Lipinski definition) is 0. The van der Waals surface area contributed by atoms with E-state index >= 15 is 0 Å². The summed E-state index contributed by atoms with van der Waals surface area (Å²) in [6, 6.07) is 11.8. The minimum absolute atomic E-state index is 0.0194. The summed E-state index contributed by atoms with van der Waals surface area (Å²) >= 11 is 6.09. The first-order chi connectivity index (χ1) is 13.2. The standard InChI is InChI=1S/C21H25ClN4O/c22-17-5-4-6-18(15-17)25-11-13-26(14-12-25)21(27)20-8-7-19(16-23-20)24-9-2-1-3-10-24/h4-8,15-16H,1-3,9-14H2. The van der Waals surface area contributed by atoms with E-state index in [1.165, 1.54) is 19.3 Å². The molecular weight excluding hydrogens is 360 g/mol. The predicted molar refractivity (Wildman–Crippen MR) is 110 cm³/mol. The quantitative estimate of drug-likeness (QED) is 0.809. The first-order valence-electron chi connectivity index (χ1n) is 9.71. The van der Waals surface area contributed by atoms with Gasteiger partial charge in [-0.2, -0.15) is 0 Å². The lowest BCUT2D eigenvalue weighted by Gasteiger charge is -2.36. The summed E-state index contributed by atoms with van der Waals surface area (Å²) in [5.74, 6) is 0.0194. The molecule has 0 N–H and O–H groups in total. The van der Waals surface area contributed by atoms with Gasteiger partial charge in [0.25, 0.3) is 5.91 Å². The highest BCUT2D eigenvalue weighted by Crippen LogP contribution is 2.22. The topological polar surface area (TPSA) is 39.7 Å². The van der Waals surface area contributed by atoms with Gasteiger partial charge in [0, 0.05) is 50.0 Å². The summed E-state index contributed by atoms with van der Waals surface area (Å²) in [5.41, 5.74) is 2.77. The maximum Gasteiger partial charge on any atom is 0.272 e. The average Bonchev–Trinajstić information content (AvgIpc) is 2.74. The third-order valence-corrected chi connectivity index (χ3v) is 5.66. The van der Waals surface area contributed by atoms with Gasteiger partial charge in [0.05, 0.1) is 11.9 Å². The molecule has 0 aliphatic carbocycles. The zero-order valence-electron chi connectivity index (χ0n) is 15.5. The number of piperazine rings is 1. The normalized spacial score (nSPS) is 17.9. The van der Waals surface area contributed by atoms with Crippen molar-refractivity contribution < 1.29 is 4.79 Å². The minimum Gasteiger partial charge on any atom is -0.370 e. The zero-order chi connectivity index (χ0) is 18.6. The number of halogens is 1. The molecule has 6 heteroatoms. The Morgan fingerprint density at radius 2 is 1.59 bits per heavy atom. The first-order valence-corrected chi connectivity index (χ1v) is 10.1. The molecule has 1 aromatic heterocycles. The van der Waals surface area contributed by atoms with Crippen molar-refractivity contribution >= 4 is 28.9 Å². The van der Waals surface area contributed by atoms with Gasteiger partial charge in [-0.15, -0.1) is 0 Å². The molecule has 0 bridgehead atoms. The lowest BCUT2D eigenvalue weighted by atomic mass is 10.1. The summed E-state index contributed by atoms with van der Waals surface area (Å²) in [5, 5.41) is 0.740. The van der Waals surface area contributed by atoms with Crippen molar-refractivity contribution in [3.63, 3.8) is 0 Å². The Morgan fingerprint density at radius 1 is 0.852 bits per heavy atom. The molecule has 0 saturated carbocycles. The molecule has 0 radical (unpaired) electrons. The minimum atomic E-state index is 0.0194. The Labute approximate surface area is 165 Å². The van der Waals surface area contributed by atoms with E-state index in [1.807, 2.05) is 41.4 Å². The Hall–Kier alpha value is -2.27. The van der Waals surface area contributed by atoms with Gasteiger partial charge < -0.3 is 14.7 Å². The first kappa shape index (κ1) is 18.1. The molecule has 3 heterocycles. The molecule has 2 saturated heterocycles. The molecule has 5 nitrogen and oxygen atoms in total. The number of carbonyl (C=O) groups is 1. The van der Waals surface area contributed by atoms with Gasteiger partial charge in [0.1, 0.15) is 5.69 Å². The highest BCUT2D eigenvalue weighted by Gasteiger charge is 2.23. The van der Waals surface area contributed by atoms with Crippen LogP contribution in [0.1, 0.15) is 29.8 Å². The summed E-state index contributed by atoms with van der Waals surface area (Å²) in [6.07, 6.45) is 5.62. The number of carbonyl (C=O) groups excluding carboxylic acids is 1. The molecule has 2 aromatic rings. The van der Waals surface area contributed by atoms with Crippen LogP contribution in [-0.2, 0) is 0 Å². The lowest BCUT2D eigenvalue weighted by molar-refractivity contribution is 0.0741. The highest BCUT2D eigenvalue weighted by molar-refractivity contribution is 6.30. The number of nitrogens with zero attached hydrogens (tertiary/aromatic N) is 4. The second-order valence-corrected chi connectivity index (χ2v) is 7.64. The SMILES string of the molecule is O=C(c1ccc(N2CCCCC2)cn1)N1CCN(c2cccc(Cl)c2)CC1. The zero-order valence-corrected chi connectivity index (χ0v) is 16.2. The fourth-order valence-electron chi connectivity index (χ4n) is 3.85. The van der Waals surface area contributed by atoms with Gasteiger partial charge in [0.2, 0.25) is 0 Å². The fraction of sp³-hybridized carbons (Fsp3) is 0.429. The van der Waals surface area contributed by atoms with Crippen LogP contribution >= 0.6 is 11.6 Å². The molecular formula is C21H25ClN4O. The van der Waals surface area contributed by atoms with E-state index < -0.39 is 0 Å². The van der Waals surface area contributed by atoms with Crippen LogP contribution in [0.2, 0.25) is 5.02 Å². The number of pyridine rings is 1. The monoisotopic (exact) mass is 384 g/mol. The lowest BCUT2D eigenvalue weighted by Crippen LogP contribution is -2.49. The molecule has 2 fully saturated rings. The number of amides is 1. The summed E-state index contributed by atoms with van der Waals surface area (Å²) in [4.78, 5) is 23.8. The van der Waals surface area contributed by atoms with Gasteiger partial charge in [-0.1, -0.05) is 17.7 Å². The van der Waals surface area contributed by atoms with Crippen molar-refractivity contribution in [1.82, 2.24) is 9.88 Å². The molecule has 0 spiro atoms. The number of hydrogen-bond acceptors (Lipinski definition) is 4. The Bertz CT molecular complexity index is 781. The number of benzene rings is 1. The van der Waals surface area contributed by atoms with Crippen molar-refractivity contribution in [2.24, 2.45) is 0 Å². The molecule has 2 aliphatic heterocycles. The third-order valence-electron chi connectivity index (χ3n) is 5.43. The van der Waals surface area contributed by atoms with Crippen LogP contribution in [0.25, 0.3) is 0 Å². The molecule has 4 rings (SSSR count). The molecule has 142 valence electrons. The van der Waals surface area contributed by atoms with E-state index in [2.05, 4.69) is 20.9 Å². The molecule has 0 unspecified atom stereocenters. The summed E-state index contributed by atoms with van der Waals surface area (Å²) < 4.78 is 0. The molecule has 1 aromatic carbocycles. The van der Waals surface area contributed by atoms with Crippen LogP contribution < -0.4 is 9.80 Å². The van der Waals surface area contributed by atoms with E-state index in [-0.39, 0.29) is 5.91 Å². The van der Waals surface area contributed by atoms with E-state index in [4.69, 9.17) is 11.6 Å². The number of aromatic nitrogens is 1. The van der Waals surface area contributed by atoms with Crippen LogP contribution in [-0.4, -0.2) is 55.1 Å². The number of anilines is 2. The largest absolute Gasteiger partial charge is 0.370 e. The van der Waals surface area contributed by atoms with Gasteiger partial charge in [-0.3, -0.25) is 4.79 Å².